The summed E-state index contributed by atoms with van der Waals surface area (Å²) >= 11 is 0. The van der Waals surface area contributed by atoms with Gasteiger partial charge < -0.3 is 5.32 Å². The zero-order valence-electron chi connectivity index (χ0n) is 10.6. The van der Waals surface area contributed by atoms with E-state index in [1.54, 1.807) is 6.92 Å². The maximum atomic E-state index is 11.3. The maximum absolute atomic E-state index is 11.3. The monoisotopic (exact) mass is 238 g/mol. The Hall–Kier alpha value is -0.900. The lowest BCUT2D eigenvalue weighted by Crippen LogP contribution is -2.42. The molecule has 2 rings (SSSR count). The van der Waals surface area contributed by atoms with Crippen LogP contribution in [0.5, 0.6) is 0 Å². The summed E-state index contributed by atoms with van der Waals surface area (Å²) in [6, 6.07) is 0.504. The summed E-state index contributed by atoms with van der Waals surface area (Å²) in [7, 11) is 0. The largest absolute Gasteiger partial charge is 0.356 e. The average Bonchev–Trinajstić information content (AvgIpc) is 2.74. The Labute approximate surface area is 103 Å². The molecule has 1 aliphatic carbocycles. The third kappa shape index (κ3) is 3.53. The number of piperidine rings is 1. The molecule has 4 heteroatoms. The molecule has 1 N–H and O–H groups in total. The molecular formula is C13H22N2O2. The normalized spacial score (nSPS) is 27.4. The Kier molecular flexibility index (Phi) is 4.15. The van der Waals surface area contributed by atoms with Crippen molar-refractivity contribution in [3.05, 3.63) is 0 Å². The zero-order chi connectivity index (χ0) is 12.3. The quantitative estimate of drug-likeness (QED) is 0.796. The molecule has 1 saturated heterocycles. The summed E-state index contributed by atoms with van der Waals surface area (Å²) in [5.74, 6) is 1.11. The van der Waals surface area contributed by atoms with Gasteiger partial charge in [0.15, 0.2) is 0 Å². The van der Waals surface area contributed by atoms with Crippen LogP contribution < -0.4 is 5.32 Å². The maximum Gasteiger partial charge on any atom is 0.216 e. The molecule has 1 unspecified atom stereocenters. The number of hydrogen-bond acceptors (Lipinski definition) is 3. The fourth-order valence-corrected chi connectivity index (χ4v) is 2.92. The summed E-state index contributed by atoms with van der Waals surface area (Å²) in [5, 5.41) is 2.90. The van der Waals surface area contributed by atoms with Crippen molar-refractivity contribution in [3.8, 4) is 0 Å². The molecule has 2 aliphatic rings. The fourth-order valence-electron chi connectivity index (χ4n) is 2.92. The van der Waals surface area contributed by atoms with Gasteiger partial charge in [-0.1, -0.05) is 0 Å². The Morgan fingerprint density at radius 3 is 2.59 bits per heavy atom. The minimum atomic E-state index is 0.0637. The number of ketones is 1. The Balaban J connectivity index is 1.70. The number of carbonyl (C=O) groups excluding carboxylic acids is 2. The van der Waals surface area contributed by atoms with E-state index in [9.17, 15) is 9.59 Å². The number of carbonyl (C=O) groups is 2. The first-order chi connectivity index (χ1) is 8.15. The molecule has 0 aromatic carbocycles. The summed E-state index contributed by atoms with van der Waals surface area (Å²) in [6.45, 7) is 4.55. The second-order valence-corrected chi connectivity index (χ2v) is 5.35. The molecule has 96 valence electrons. The van der Waals surface area contributed by atoms with Crippen molar-refractivity contribution in [2.45, 2.75) is 45.1 Å². The minimum absolute atomic E-state index is 0.0637. The van der Waals surface area contributed by atoms with Crippen LogP contribution in [-0.2, 0) is 9.59 Å². The van der Waals surface area contributed by atoms with Crippen LogP contribution in [0.25, 0.3) is 0 Å². The number of amides is 1. The molecule has 1 atom stereocenters. The van der Waals surface area contributed by atoms with Gasteiger partial charge in [-0.05, 0) is 38.3 Å². The molecular weight excluding hydrogens is 216 g/mol. The average molecular weight is 238 g/mol. The van der Waals surface area contributed by atoms with E-state index in [4.69, 9.17) is 0 Å². The van der Waals surface area contributed by atoms with Gasteiger partial charge >= 0.3 is 0 Å². The van der Waals surface area contributed by atoms with Crippen LogP contribution in [0.4, 0.5) is 0 Å². The third-order valence-corrected chi connectivity index (χ3v) is 4.02. The van der Waals surface area contributed by atoms with Crippen molar-refractivity contribution in [1.29, 1.82) is 0 Å². The van der Waals surface area contributed by atoms with E-state index < -0.39 is 0 Å². The number of nitrogens with one attached hydrogen (secondary N) is 1. The van der Waals surface area contributed by atoms with Gasteiger partial charge in [0.05, 0.1) is 0 Å². The number of likely N-dealkylation sites (tertiary alicyclic amines) is 1. The predicted molar refractivity (Wildman–Crippen MR) is 65.6 cm³/mol. The molecule has 0 radical (unpaired) electrons. The van der Waals surface area contributed by atoms with Gasteiger partial charge in [-0.2, -0.15) is 0 Å². The first-order valence-corrected chi connectivity index (χ1v) is 6.65. The second kappa shape index (κ2) is 5.63. The summed E-state index contributed by atoms with van der Waals surface area (Å²) in [6.07, 6.45) is 4.87. The van der Waals surface area contributed by atoms with Gasteiger partial charge in [-0.3, -0.25) is 14.5 Å². The van der Waals surface area contributed by atoms with Crippen LogP contribution in [0.2, 0.25) is 0 Å². The van der Waals surface area contributed by atoms with Crippen LogP contribution in [0, 0.1) is 5.92 Å². The van der Waals surface area contributed by atoms with Crippen LogP contribution in [0.1, 0.15) is 39.0 Å². The van der Waals surface area contributed by atoms with Crippen molar-refractivity contribution in [2.75, 3.05) is 19.6 Å². The van der Waals surface area contributed by atoms with E-state index >= 15 is 0 Å². The molecule has 0 bridgehead atoms. The molecule has 17 heavy (non-hydrogen) atoms. The number of Topliss-reactive ketones (excluding diaryl/α,β-unsaturated/α-hetero) is 1. The van der Waals surface area contributed by atoms with Crippen LogP contribution >= 0.6 is 0 Å². The summed E-state index contributed by atoms with van der Waals surface area (Å²) < 4.78 is 0. The lowest BCUT2D eigenvalue weighted by molar-refractivity contribution is -0.119. The Morgan fingerprint density at radius 1 is 1.35 bits per heavy atom. The second-order valence-electron chi connectivity index (χ2n) is 5.35. The van der Waals surface area contributed by atoms with E-state index in [0.717, 1.165) is 51.7 Å². The van der Waals surface area contributed by atoms with Gasteiger partial charge in [0.25, 0.3) is 0 Å². The van der Waals surface area contributed by atoms with Crippen LogP contribution in [-0.4, -0.2) is 42.3 Å². The number of rotatable bonds is 3. The molecule has 1 aliphatic heterocycles. The van der Waals surface area contributed by atoms with Gasteiger partial charge in [-0.15, -0.1) is 0 Å². The van der Waals surface area contributed by atoms with Crippen LogP contribution in [0.3, 0.4) is 0 Å². The first kappa shape index (κ1) is 12.6. The number of hydrogen-bond donors (Lipinski definition) is 1. The molecule has 1 heterocycles. The van der Waals surface area contributed by atoms with E-state index in [-0.39, 0.29) is 5.91 Å². The van der Waals surface area contributed by atoms with Crippen molar-refractivity contribution in [1.82, 2.24) is 10.2 Å². The highest BCUT2D eigenvalue weighted by Crippen LogP contribution is 2.25. The SMILES string of the molecule is CC(=O)NCC1CCN(C2CCC(=O)C2)CC1. The molecule has 0 spiro atoms. The third-order valence-electron chi connectivity index (χ3n) is 4.02. The van der Waals surface area contributed by atoms with E-state index in [2.05, 4.69) is 10.2 Å². The highest BCUT2D eigenvalue weighted by molar-refractivity contribution is 5.81. The van der Waals surface area contributed by atoms with E-state index in [1.165, 1.54) is 0 Å². The summed E-state index contributed by atoms with van der Waals surface area (Å²) in [4.78, 5) is 24.6. The highest BCUT2D eigenvalue weighted by atomic mass is 16.1. The molecule has 2 fully saturated rings. The fraction of sp³-hybridized carbons (Fsp3) is 0.846. The van der Waals surface area contributed by atoms with Gasteiger partial charge in [0.1, 0.15) is 5.78 Å². The Morgan fingerprint density at radius 2 is 2.06 bits per heavy atom. The molecule has 0 aromatic heterocycles. The van der Waals surface area contributed by atoms with E-state index in [0.29, 0.717) is 17.7 Å². The Bertz CT molecular complexity index is 296. The van der Waals surface area contributed by atoms with Gasteiger partial charge in [0.2, 0.25) is 5.91 Å². The van der Waals surface area contributed by atoms with Gasteiger partial charge in [-0.25, -0.2) is 0 Å². The van der Waals surface area contributed by atoms with Crippen molar-refractivity contribution in [2.24, 2.45) is 5.92 Å². The lowest BCUT2D eigenvalue weighted by Gasteiger charge is -2.35. The zero-order valence-corrected chi connectivity index (χ0v) is 10.6. The standard InChI is InChI=1S/C13H22N2O2/c1-10(16)14-9-11-4-6-15(7-5-11)12-2-3-13(17)8-12/h11-12H,2-9H2,1H3,(H,14,16). The predicted octanol–water partition coefficient (Wildman–Crippen LogP) is 0.956. The highest BCUT2D eigenvalue weighted by Gasteiger charge is 2.30. The lowest BCUT2D eigenvalue weighted by atomic mass is 9.95. The van der Waals surface area contributed by atoms with E-state index in [1.807, 2.05) is 0 Å². The molecule has 1 amide bonds. The smallest absolute Gasteiger partial charge is 0.216 e. The molecule has 4 nitrogen and oxygen atoms in total. The van der Waals surface area contributed by atoms with Crippen molar-refractivity contribution >= 4 is 11.7 Å². The van der Waals surface area contributed by atoms with Crippen molar-refractivity contribution < 1.29 is 9.59 Å². The summed E-state index contributed by atoms with van der Waals surface area (Å²) in [5.41, 5.74) is 0. The van der Waals surface area contributed by atoms with Crippen molar-refractivity contribution in [3.63, 3.8) is 0 Å². The topological polar surface area (TPSA) is 49.4 Å². The van der Waals surface area contributed by atoms with Gasteiger partial charge in [0, 0.05) is 32.4 Å². The molecule has 1 saturated carbocycles. The number of nitrogens with zero attached hydrogens (tertiary/aromatic N) is 1. The molecule has 0 aromatic rings. The first-order valence-electron chi connectivity index (χ1n) is 6.65. The van der Waals surface area contributed by atoms with Crippen LogP contribution in [0.15, 0.2) is 0 Å². The minimum Gasteiger partial charge on any atom is -0.356 e.